The Balaban J connectivity index is 5.06. The molecule has 0 radical (unpaired) electrons. The van der Waals surface area contributed by atoms with Crippen LogP contribution in [0.5, 0.6) is 0 Å². The van der Waals surface area contributed by atoms with Crippen molar-refractivity contribution < 1.29 is 24.3 Å². The largest absolute Gasteiger partial charge is 0.480 e. The number of carbonyl (C=O) groups is 4. The van der Waals surface area contributed by atoms with E-state index in [0.717, 1.165) is 0 Å². The Hall–Kier alpha value is -1.81. The Kier molecular flexibility index (Phi) is 11.6. The van der Waals surface area contributed by atoms with Crippen molar-refractivity contribution >= 4 is 35.5 Å². The maximum atomic E-state index is 12.5. The summed E-state index contributed by atoms with van der Waals surface area (Å²) >= 11 is 1.52. The molecule has 9 nitrogen and oxygen atoms in total. The topological polar surface area (TPSA) is 151 Å². The second kappa shape index (κ2) is 12.5. The molecule has 25 heavy (non-hydrogen) atoms. The Morgan fingerprint density at radius 1 is 1.16 bits per heavy atom. The number of amides is 3. The highest BCUT2D eigenvalue weighted by Gasteiger charge is 2.29. The summed E-state index contributed by atoms with van der Waals surface area (Å²) in [5, 5.41) is 16.1. The van der Waals surface area contributed by atoms with Gasteiger partial charge in [-0.3, -0.25) is 19.2 Å². The van der Waals surface area contributed by atoms with Gasteiger partial charge in [0.1, 0.15) is 18.6 Å². The maximum Gasteiger partial charge on any atom is 0.322 e. The van der Waals surface area contributed by atoms with E-state index in [1.165, 1.54) is 11.8 Å². The van der Waals surface area contributed by atoms with E-state index >= 15 is 0 Å². The van der Waals surface area contributed by atoms with Crippen LogP contribution in [0, 0.1) is 5.92 Å². The normalized spacial score (nSPS) is 14.1. The van der Waals surface area contributed by atoms with E-state index in [2.05, 4.69) is 16.0 Å². The molecule has 0 rings (SSSR count). The van der Waals surface area contributed by atoms with Gasteiger partial charge in [-0.05, 0) is 24.3 Å². The van der Waals surface area contributed by atoms with Crippen molar-refractivity contribution in [3.05, 3.63) is 0 Å². The predicted molar refractivity (Wildman–Crippen MR) is 96.0 cm³/mol. The van der Waals surface area contributed by atoms with Gasteiger partial charge in [0.2, 0.25) is 17.7 Å². The van der Waals surface area contributed by atoms with Gasteiger partial charge in [-0.1, -0.05) is 20.3 Å². The van der Waals surface area contributed by atoms with E-state index in [0.29, 0.717) is 18.6 Å². The Labute approximate surface area is 151 Å². The highest BCUT2D eigenvalue weighted by molar-refractivity contribution is 7.98. The molecule has 3 unspecified atom stereocenters. The number of carbonyl (C=O) groups excluding carboxylic acids is 3. The molecule has 0 heterocycles. The summed E-state index contributed by atoms with van der Waals surface area (Å²) in [6.07, 6.45) is 2.87. The lowest BCUT2D eigenvalue weighted by atomic mass is 9.97. The first-order chi connectivity index (χ1) is 11.8. The molecule has 0 saturated heterocycles. The van der Waals surface area contributed by atoms with Gasteiger partial charge in [-0.2, -0.15) is 11.8 Å². The van der Waals surface area contributed by atoms with E-state index in [9.17, 15) is 19.2 Å². The SMILES string of the molecule is CCC(C)C(NC(=O)C(CCSC)NC(=O)CN)C(=O)NCC(=O)O. The van der Waals surface area contributed by atoms with Crippen LogP contribution in [0.2, 0.25) is 0 Å². The highest BCUT2D eigenvalue weighted by atomic mass is 32.2. The number of thioether (sulfide) groups is 1. The third-order valence-electron chi connectivity index (χ3n) is 3.65. The molecule has 0 aliphatic carbocycles. The molecule has 0 aliphatic heterocycles. The summed E-state index contributed by atoms with van der Waals surface area (Å²) < 4.78 is 0. The lowest BCUT2D eigenvalue weighted by Crippen LogP contribution is -2.56. The van der Waals surface area contributed by atoms with Crippen molar-refractivity contribution in [1.82, 2.24) is 16.0 Å². The third kappa shape index (κ3) is 9.30. The number of aliphatic carboxylic acids is 1. The van der Waals surface area contributed by atoms with Crippen LogP contribution in [0.15, 0.2) is 0 Å². The molecule has 0 bridgehead atoms. The highest BCUT2D eigenvalue weighted by Crippen LogP contribution is 2.09. The summed E-state index contributed by atoms with van der Waals surface area (Å²) in [4.78, 5) is 46.8. The third-order valence-corrected chi connectivity index (χ3v) is 4.30. The first kappa shape index (κ1) is 23.2. The van der Waals surface area contributed by atoms with Crippen molar-refractivity contribution in [2.45, 2.75) is 38.8 Å². The first-order valence-corrected chi connectivity index (χ1v) is 9.44. The number of rotatable bonds is 12. The summed E-state index contributed by atoms with van der Waals surface area (Å²) in [6.45, 7) is 2.87. The minimum atomic E-state index is -1.17. The second-order valence-corrected chi connectivity index (χ2v) is 6.57. The van der Waals surface area contributed by atoms with Crippen LogP contribution in [-0.2, 0) is 19.2 Å². The fourth-order valence-corrected chi connectivity index (χ4v) is 2.46. The van der Waals surface area contributed by atoms with E-state index in [-0.39, 0.29) is 12.5 Å². The van der Waals surface area contributed by atoms with Crippen molar-refractivity contribution in [2.75, 3.05) is 25.1 Å². The molecule has 10 heteroatoms. The number of nitrogens with one attached hydrogen (secondary N) is 3. The van der Waals surface area contributed by atoms with Crippen molar-refractivity contribution in [2.24, 2.45) is 11.7 Å². The maximum absolute atomic E-state index is 12.5. The molecule has 144 valence electrons. The zero-order valence-corrected chi connectivity index (χ0v) is 15.6. The zero-order valence-electron chi connectivity index (χ0n) is 14.8. The van der Waals surface area contributed by atoms with Gasteiger partial charge in [0.15, 0.2) is 0 Å². The van der Waals surface area contributed by atoms with Crippen LogP contribution in [0.1, 0.15) is 26.7 Å². The molecule has 0 aromatic rings. The molecule has 0 aromatic carbocycles. The van der Waals surface area contributed by atoms with Crippen molar-refractivity contribution in [1.29, 1.82) is 0 Å². The number of carboxylic acid groups (broad SMARTS) is 1. The van der Waals surface area contributed by atoms with Gasteiger partial charge >= 0.3 is 5.97 Å². The van der Waals surface area contributed by atoms with Gasteiger partial charge in [0.25, 0.3) is 0 Å². The number of carboxylic acids is 1. The second-order valence-electron chi connectivity index (χ2n) is 5.59. The van der Waals surface area contributed by atoms with Crippen LogP contribution >= 0.6 is 11.8 Å². The molecule has 0 spiro atoms. The summed E-state index contributed by atoms with van der Waals surface area (Å²) in [6, 6.07) is -1.69. The molecule has 0 aromatic heterocycles. The quantitative estimate of drug-likeness (QED) is 0.290. The van der Waals surface area contributed by atoms with Crippen LogP contribution in [0.25, 0.3) is 0 Å². The Bertz CT molecular complexity index is 475. The lowest BCUT2D eigenvalue weighted by molar-refractivity contribution is -0.139. The predicted octanol–water partition coefficient (Wildman–Crippen LogP) is -1.09. The average molecular weight is 376 g/mol. The van der Waals surface area contributed by atoms with Crippen LogP contribution in [0.4, 0.5) is 0 Å². The van der Waals surface area contributed by atoms with E-state index < -0.39 is 42.3 Å². The van der Waals surface area contributed by atoms with Crippen LogP contribution < -0.4 is 21.7 Å². The molecule has 3 amide bonds. The first-order valence-electron chi connectivity index (χ1n) is 8.04. The molecular formula is C15H28N4O5S. The number of nitrogens with two attached hydrogens (primary N) is 1. The fourth-order valence-electron chi connectivity index (χ4n) is 1.99. The van der Waals surface area contributed by atoms with Gasteiger partial charge in [0, 0.05) is 0 Å². The zero-order chi connectivity index (χ0) is 19.4. The summed E-state index contributed by atoms with van der Waals surface area (Å²) in [5.41, 5.74) is 5.27. The fraction of sp³-hybridized carbons (Fsp3) is 0.733. The minimum absolute atomic E-state index is 0.204. The molecule has 0 saturated carbocycles. The lowest BCUT2D eigenvalue weighted by Gasteiger charge is -2.26. The van der Waals surface area contributed by atoms with Crippen molar-refractivity contribution in [3.8, 4) is 0 Å². The van der Waals surface area contributed by atoms with E-state index in [1.54, 1.807) is 6.92 Å². The van der Waals surface area contributed by atoms with Gasteiger partial charge < -0.3 is 26.8 Å². The molecular weight excluding hydrogens is 348 g/mol. The molecule has 0 fully saturated rings. The molecule has 0 aliphatic rings. The van der Waals surface area contributed by atoms with E-state index in [4.69, 9.17) is 10.8 Å². The van der Waals surface area contributed by atoms with Gasteiger partial charge in [-0.25, -0.2) is 0 Å². The monoisotopic (exact) mass is 376 g/mol. The van der Waals surface area contributed by atoms with Gasteiger partial charge in [-0.15, -0.1) is 0 Å². The number of hydrogen-bond donors (Lipinski definition) is 5. The summed E-state index contributed by atoms with van der Waals surface area (Å²) in [5.74, 6) is -2.26. The van der Waals surface area contributed by atoms with Crippen LogP contribution in [-0.4, -0.2) is 66.0 Å². The molecule has 6 N–H and O–H groups in total. The van der Waals surface area contributed by atoms with Gasteiger partial charge in [0.05, 0.1) is 6.54 Å². The van der Waals surface area contributed by atoms with E-state index in [1.807, 2.05) is 13.2 Å². The molecule has 3 atom stereocenters. The average Bonchev–Trinajstić information content (AvgIpc) is 2.59. The smallest absolute Gasteiger partial charge is 0.322 e. The van der Waals surface area contributed by atoms with Crippen molar-refractivity contribution in [3.63, 3.8) is 0 Å². The Morgan fingerprint density at radius 3 is 2.28 bits per heavy atom. The number of hydrogen-bond acceptors (Lipinski definition) is 6. The standard InChI is InChI=1S/C15H28N4O5S/c1-4-9(2)13(15(24)17-8-12(21)22)19-14(23)10(5-6-25-3)18-11(20)7-16/h9-10,13H,4-8,16H2,1-3H3,(H,17,24)(H,18,20)(H,19,23)(H,21,22). The summed E-state index contributed by atoms with van der Waals surface area (Å²) in [7, 11) is 0. The Morgan fingerprint density at radius 2 is 1.80 bits per heavy atom. The van der Waals surface area contributed by atoms with Crippen LogP contribution in [0.3, 0.4) is 0 Å². The minimum Gasteiger partial charge on any atom is -0.480 e.